The van der Waals surface area contributed by atoms with E-state index in [4.69, 9.17) is 4.74 Å². The Hall–Kier alpha value is -4.04. The third kappa shape index (κ3) is 7.82. The van der Waals surface area contributed by atoms with Crippen LogP contribution < -0.4 is 9.44 Å². The molecule has 1 fully saturated rings. The lowest BCUT2D eigenvalue weighted by Crippen LogP contribution is -2.44. The molecule has 10 nitrogen and oxygen atoms in total. The summed E-state index contributed by atoms with van der Waals surface area (Å²) < 4.78 is 88.0. The number of nitrogens with one attached hydrogen (secondary N) is 2. The standard InChI is InChI=1S/C28H29F2N3O7S2/c1-18-11-19(2)16-33(15-18)27(34)17-40-28(35)20-12-23(31-41(36,37)25-7-3-21(29)4-8-25)14-24(13-20)32-42(38,39)26-9-5-22(30)6-10-26/h3-10,12-14,18-19,31-32H,11,15-17H2,1-2H3. The number of anilines is 2. The topological polar surface area (TPSA) is 139 Å². The van der Waals surface area contributed by atoms with E-state index >= 15 is 0 Å². The fraction of sp³-hybridized carbons (Fsp3) is 0.286. The number of benzene rings is 3. The molecule has 2 unspecified atom stereocenters. The van der Waals surface area contributed by atoms with Gasteiger partial charge in [0.15, 0.2) is 6.61 Å². The van der Waals surface area contributed by atoms with Crippen molar-refractivity contribution >= 4 is 43.3 Å². The summed E-state index contributed by atoms with van der Waals surface area (Å²) in [6.45, 7) is 4.53. The molecule has 0 aromatic heterocycles. The van der Waals surface area contributed by atoms with Crippen LogP contribution in [-0.2, 0) is 29.6 Å². The summed E-state index contributed by atoms with van der Waals surface area (Å²) in [6, 6.07) is 11.2. The van der Waals surface area contributed by atoms with Gasteiger partial charge in [0.25, 0.3) is 26.0 Å². The van der Waals surface area contributed by atoms with Crippen LogP contribution in [0.4, 0.5) is 20.2 Å². The summed E-state index contributed by atoms with van der Waals surface area (Å²) in [5, 5.41) is 0. The number of ether oxygens (including phenoxy) is 1. The van der Waals surface area contributed by atoms with Gasteiger partial charge in [-0.2, -0.15) is 0 Å². The zero-order valence-electron chi connectivity index (χ0n) is 22.7. The van der Waals surface area contributed by atoms with Gasteiger partial charge in [-0.05, 0) is 85.0 Å². The van der Waals surface area contributed by atoms with Gasteiger partial charge in [0.05, 0.1) is 26.7 Å². The molecule has 0 saturated carbocycles. The molecule has 0 radical (unpaired) electrons. The minimum atomic E-state index is -4.29. The summed E-state index contributed by atoms with van der Waals surface area (Å²) in [6.07, 6.45) is 0.973. The SMILES string of the molecule is CC1CC(C)CN(C(=O)COC(=O)c2cc(NS(=O)(=O)c3ccc(F)cc3)cc(NS(=O)(=O)c3ccc(F)cc3)c2)C1. The quantitative estimate of drug-likeness (QED) is 0.341. The molecule has 1 aliphatic heterocycles. The second-order valence-corrected chi connectivity index (χ2v) is 13.6. The highest BCUT2D eigenvalue weighted by atomic mass is 32.2. The predicted molar refractivity (Wildman–Crippen MR) is 151 cm³/mol. The minimum absolute atomic E-state index is 0.226. The van der Waals surface area contributed by atoms with Crippen molar-refractivity contribution in [1.82, 2.24) is 4.90 Å². The number of amides is 1. The molecule has 0 spiro atoms. The predicted octanol–water partition coefficient (Wildman–Crippen LogP) is 4.23. The second kappa shape index (κ2) is 12.4. The van der Waals surface area contributed by atoms with Gasteiger partial charge in [0.2, 0.25) is 0 Å². The molecule has 1 amide bonds. The van der Waals surface area contributed by atoms with Crippen LogP contribution in [-0.4, -0.2) is 53.3 Å². The average molecular weight is 622 g/mol. The molecule has 0 aliphatic carbocycles. The Kier molecular flexibility index (Phi) is 9.16. The van der Waals surface area contributed by atoms with Crippen LogP contribution in [0.5, 0.6) is 0 Å². The molecule has 1 saturated heterocycles. The van der Waals surface area contributed by atoms with Crippen LogP contribution in [0, 0.1) is 23.5 Å². The van der Waals surface area contributed by atoms with Crippen LogP contribution in [0.1, 0.15) is 30.6 Å². The van der Waals surface area contributed by atoms with E-state index in [9.17, 15) is 35.2 Å². The van der Waals surface area contributed by atoms with Gasteiger partial charge in [-0.3, -0.25) is 14.2 Å². The Balaban J connectivity index is 1.60. The highest BCUT2D eigenvalue weighted by Crippen LogP contribution is 2.26. The van der Waals surface area contributed by atoms with Crippen LogP contribution in [0.2, 0.25) is 0 Å². The number of hydrogen-bond acceptors (Lipinski definition) is 7. The van der Waals surface area contributed by atoms with Crippen molar-refractivity contribution < 1.29 is 39.9 Å². The molecule has 14 heteroatoms. The number of rotatable bonds is 9. The normalized spacial score (nSPS) is 17.4. The lowest BCUT2D eigenvalue weighted by molar-refractivity contribution is -0.137. The molecule has 2 N–H and O–H groups in total. The van der Waals surface area contributed by atoms with Gasteiger partial charge in [0, 0.05) is 13.1 Å². The van der Waals surface area contributed by atoms with Crippen LogP contribution in [0.3, 0.4) is 0 Å². The minimum Gasteiger partial charge on any atom is -0.452 e. The van der Waals surface area contributed by atoms with Crippen molar-refractivity contribution in [2.24, 2.45) is 11.8 Å². The first-order valence-electron chi connectivity index (χ1n) is 12.9. The maximum absolute atomic E-state index is 13.3. The van der Waals surface area contributed by atoms with Crippen molar-refractivity contribution in [1.29, 1.82) is 0 Å². The Morgan fingerprint density at radius 1 is 0.786 bits per heavy atom. The highest BCUT2D eigenvalue weighted by molar-refractivity contribution is 7.93. The van der Waals surface area contributed by atoms with Gasteiger partial charge in [0.1, 0.15) is 11.6 Å². The van der Waals surface area contributed by atoms with Gasteiger partial charge >= 0.3 is 5.97 Å². The Morgan fingerprint density at radius 3 is 1.64 bits per heavy atom. The fourth-order valence-corrected chi connectivity index (χ4v) is 6.77. The second-order valence-electron chi connectivity index (χ2n) is 10.2. The number of nitrogens with zero attached hydrogens (tertiary/aromatic N) is 1. The van der Waals surface area contributed by atoms with E-state index in [0.29, 0.717) is 13.1 Å². The molecular formula is C28H29F2N3O7S2. The van der Waals surface area contributed by atoms with Crippen LogP contribution >= 0.6 is 0 Å². The van der Waals surface area contributed by atoms with Crippen molar-refractivity contribution in [3.63, 3.8) is 0 Å². The Labute approximate surface area is 242 Å². The molecule has 0 bridgehead atoms. The molecular weight excluding hydrogens is 592 g/mol. The van der Waals surface area contributed by atoms with Crippen molar-refractivity contribution in [2.75, 3.05) is 29.1 Å². The zero-order chi connectivity index (χ0) is 30.7. The van der Waals surface area contributed by atoms with Crippen LogP contribution in [0.25, 0.3) is 0 Å². The fourth-order valence-electron chi connectivity index (χ4n) is 4.69. The summed E-state index contributed by atoms with van der Waals surface area (Å²) in [5.74, 6) is -2.14. The molecule has 42 heavy (non-hydrogen) atoms. The Morgan fingerprint density at radius 2 is 1.21 bits per heavy atom. The van der Waals surface area contributed by atoms with Crippen LogP contribution in [0.15, 0.2) is 76.5 Å². The Bertz CT molecular complexity index is 1580. The molecule has 3 aromatic carbocycles. The van der Waals surface area contributed by atoms with E-state index in [2.05, 4.69) is 9.44 Å². The molecule has 2 atom stereocenters. The van der Waals surface area contributed by atoms with Gasteiger partial charge in [-0.15, -0.1) is 0 Å². The van der Waals surface area contributed by atoms with E-state index < -0.39 is 50.2 Å². The lowest BCUT2D eigenvalue weighted by Gasteiger charge is -2.34. The molecule has 3 aromatic rings. The monoisotopic (exact) mass is 621 g/mol. The van der Waals surface area contributed by atoms with Crippen molar-refractivity contribution in [2.45, 2.75) is 30.1 Å². The molecule has 1 heterocycles. The third-order valence-corrected chi connectivity index (χ3v) is 9.26. The number of sulfonamides is 2. The summed E-state index contributed by atoms with van der Waals surface area (Å²) >= 11 is 0. The summed E-state index contributed by atoms with van der Waals surface area (Å²) in [5.41, 5.74) is -0.717. The van der Waals surface area contributed by atoms with Gasteiger partial charge < -0.3 is 9.64 Å². The van der Waals surface area contributed by atoms with Crippen molar-refractivity contribution in [3.05, 3.63) is 83.9 Å². The third-order valence-electron chi connectivity index (χ3n) is 6.47. The number of carbonyl (C=O) groups is 2. The first-order chi connectivity index (χ1) is 19.7. The summed E-state index contributed by atoms with van der Waals surface area (Å²) in [4.78, 5) is 26.7. The number of carbonyl (C=O) groups excluding carboxylic acids is 2. The maximum atomic E-state index is 13.3. The highest BCUT2D eigenvalue weighted by Gasteiger charge is 2.26. The molecule has 1 aliphatic rings. The van der Waals surface area contributed by atoms with Crippen molar-refractivity contribution in [3.8, 4) is 0 Å². The number of hydrogen-bond donors (Lipinski definition) is 2. The first-order valence-corrected chi connectivity index (χ1v) is 15.9. The average Bonchev–Trinajstić information content (AvgIpc) is 2.90. The largest absolute Gasteiger partial charge is 0.452 e. The van der Waals surface area contributed by atoms with E-state index in [1.807, 2.05) is 13.8 Å². The number of halogens is 2. The summed E-state index contributed by atoms with van der Waals surface area (Å²) in [7, 11) is -8.58. The van der Waals surface area contributed by atoms with E-state index in [1.165, 1.54) is 0 Å². The van der Waals surface area contributed by atoms with E-state index in [0.717, 1.165) is 73.2 Å². The maximum Gasteiger partial charge on any atom is 0.338 e. The van der Waals surface area contributed by atoms with E-state index in [-0.39, 0.29) is 38.6 Å². The lowest BCUT2D eigenvalue weighted by atomic mass is 9.92. The molecule has 224 valence electrons. The zero-order valence-corrected chi connectivity index (χ0v) is 24.3. The number of esters is 1. The van der Waals surface area contributed by atoms with Gasteiger partial charge in [-0.25, -0.2) is 30.4 Å². The molecule has 4 rings (SSSR count). The van der Waals surface area contributed by atoms with Gasteiger partial charge in [-0.1, -0.05) is 13.8 Å². The van der Waals surface area contributed by atoms with E-state index in [1.54, 1.807) is 4.90 Å². The number of piperidine rings is 1. The number of likely N-dealkylation sites (tertiary alicyclic amines) is 1. The first kappa shape index (κ1) is 30.9. The smallest absolute Gasteiger partial charge is 0.338 e.